The van der Waals surface area contributed by atoms with Gasteiger partial charge in [0.2, 0.25) is 0 Å². The number of carboxylic acid groups (broad SMARTS) is 1. The van der Waals surface area contributed by atoms with Gasteiger partial charge in [0, 0.05) is 0 Å². The number of hydrogen-bond donors (Lipinski definition) is 1. The van der Waals surface area contributed by atoms with Crippen LogP contribution in [0.5, 0.6) is 5.75 Å². The fourth-order valence-electron chi connectivity index (χ4n) is 2.51. The van der Waals surface area contributed by atoms with Crippen molar-refractivity contribution >= 4 is 5.97 Å². The molecule has 122 valence electrons. The molecule has 4 heteroatoms. The van der Waals surface area contributed by atoms with E-state index >= 15 is 0 Å². The minimum atomic E-state index is -0.921. The normalized spacial score (nSPS) is 11.9. The molecule has 0 fully saturated rings. The van der Waals surface area contributed by atoms with E-state index in [1.807, 2.05) is 31.2 Å². The van der Waals surface area contributed by atoms with Crippen molar-refractivity contribution in [1.82, 2.24) is 0 Å². The van der Waals surface area contributed by atoms with Crippen molar-refractivity contribution in [3.63, 3.8) is 0 Å². The zero-order chi connectivity index (χ0) is 16.7. The lowest BCUT2D eigenvalue weighted by molar-refractivity contribution is -0.139. The predicted molar refractivity (Wildman–Crippen MR) is 87.3 cm³/mol. The predicted octanol–water partition coefficient (Wildman–Crippen LogP) is 4.55. The molecule has 0 saturated heterocycles. The largest absolute Gasteiger partial charge is 0.493 e. The van der Waals surface area contributed by atoms with Gasteiger partial charge in [0.25, 0.3) is 0 Å². The molecule has 0 aromatic heterocycles. The molecule has 2 rings (SSSR count). The lowest BCUT2D eigenvalue weighted by atomic mass is 9.93. The average molecular weight is 316 g/mol. The van der Waals surface area contributed by atoms with Gasteiger partial charge >= 0.3 is 5.97 Å². The minimum absolute atomic E-state index is 0.406. The summed E-state index contributed by atoms with van der Waals surface area (Å²) in [5, 5.41) is 9.33. The molecule has 0 bridgehead atoms. The Morgan fingerprint density at radius 3 is 2.65 bits per heavy atom. The van der Waals surface area contributed by atoms with Crippen molar-refractivity contribution in [3.05, 3.63) is 65.5 Å². The van der Waals surface area contributed by atoms with Gasteiger partial charge in [0.1, 0.15) is 11.6 Å². The molecule has 0 aliphatic rings. The van der Waals surface area contributed by atoms with Crippen LogP contribution in [0.15, 0.2) is 48.5 Å². The van der Waals surface area contributed by atoms with Crippen LogP contribution in [-0.2, 0) is 4.79 Å². The summed E-state index contributed by atoms with van der Waals surface area (Å²) >= 11 is 0. The Bertz CT molecular complexity index is 655. The SMILES string of the molecule is Cc1ccccc1OCCCCC(C(=O)O)c1cccc(F)c1. The quantitative estimate of drug-likeness (QED) is 0.727. The number of benzene rings is 2. The molecule has 2 aromatic carbocycles. The molecule has 0 aliphatic carbocycles. The monoisotopic (exact) mass is 316 g/mol. The van der Waals surface area contributed by atoms with Crippen LogP contribution in [0, 0.1) is 12.7 Å². The van der Waals surface area contributed by atoms with Crippen LogP contribution >= 0.6 is 0 Å². The summed E-state index contributed by atoms with van der Waals surface area (Å²) in [5.74, 6) is -1.15. The molecule has 0 heterocycles. The Morgan fingerprint density at radius 2 is 1.96 bits per heavy atom. The molecular formula is C19H21FO3. The third-order valence-electron chi connectivity index (χ3n) is 3.79. The van der Waals surface area contributed by atoms with Gasteiger partial charge in [-0.2, -0.15) is 0 Å². The first-order valence-electron chi connectivity index (χ1n) is 7.74. The highest BCUT2D eigenvalue weighted by molar-refractivity contribution is 5.76. The lowest BCUT2D eigenvalue weighted by Gasteiger charge is -2.13. The Morgan fingerprint density at radius 1 is 1.17 bits per heavy atom. The van der Waals surface area contributed by atoms with Gasteiger partial charge in [-0.05, 0) is 55.5 Å². The molecule has 0 aliphatic heterocycles. The number of unbranched alkanes of at least 4 members (excludes halogenated alkanes) is 1. The van der Waals surface area contributed by atoms with Crippen molar-refractivity contribution < 1.29 is 19.0 Å². The standard InChI is InChI=1S/C19H21FO3/c1-14-7-2-3-11-18(14)23-12-5-4-10-17(19(21)22)15-8-6-9-16(20)13-15/h2-3,6-9,11,13,17H,4-5,10,12H2,1H3,(H,21,22). The first-order valence-corrected chi connectivity index (χ1v) is 7.74. The number of ether oxygens (including phenoxy) is 1. The molecule has 1 unspecified atom stereocenters. The van der Waals surface area contributed by atoms with E-state index < -0.39 is 17.7 Å². The Hall–Kier alpha value is -2.36. The van der Waals surface area contributed by atoms with Gasteiger partial charge in [0.15, 0.2) is 0 Å². The van der Waals surface area contributed by atoms with E-state index in [4.69, 9.17) is 4.74 Å². The molecule has 23 heavy (non-hydrogen) atoms. The van der Waals surface area contributed by atoms with Crippen LogP contribution in [0.25, 0.3) is 0 Å². The molecule has 1 N–H and O–H groups in total. The van der Waals surface area contributed by atoms with Crippen molar-refractivity contribution in [1.29, 1.82) is 0 Å². The molecule has 1 atom stereocenters. The van der Waals surface area contributed by atoms with Crippen LogP contribution in [0.2, 0.25) is 0 Å². The zero-order valence-electron chi connectivity index (χ0n) is 13.2. The summed E-state index contributed by atoms with van der Waals surface area (Å²) in [7, 11) is 0. The summed E-state index contributed by atoms with van der Waals surface area (Å²) in [6.45, 7) is 2.53. The summed E-state index contributed by atoms with van der Waals surface area (Å²) < 4.78 is 18.9. The van der Waals surface area contributed by atoms with Gasteiger partial charge in [0.05, 0.1) is 12.5 Å². The summed E-state index contributed by atoms with van der Waals surface area (Å²) in [6, 6.07) is 13.6. The first kappa shape index (κ1) is 17.0. The van der Waals surface area contributed by atoms with Crippen molar-refractivity contribution in [2.75, 3.05) is 6.61 Å². The zero-order valence-corrected chi connectivity index (χ0v) is 13.2. The smallest absolute Gasteiger partial charge is 0.310 e. The Labute approximate surface area is 135 Å². The number of rotatable bonds is 8. The van der Waals surface area contributed by atoms with E-state index in [9.17, 15) is 14.3 Å². The highest BCUT2D eigenvalue weighted by Gasteiger charge is 2.19. The second kappa shape index (κ2) is 8.32. The first-order chi connectivity index (χ1) is 11.1. The van der Waals surface area contributed by atoms with Gasteiger partial charge in [-0.1, -0.05) is 30.3 Å². The molecule has 0 spiro atoms. The fourth-order valence-corrected chi connectivity index (χ4v) is 2.51. The van der Waals surface area contributed by atoms with Gasteiger partial charge in [-0.15, -0.1) is 0 Å². The molecule has 3 nitrogen and oxygen atoms in total. The second-order valence-electron chi connectivity index (χ2n) is 5.56. The van der Waals surface area contributed by atoms with E-state index in [-0.39, 0.29) is 0 Å². The Balaban J connectivity index is 1.81. The van der Waals surface area contributed by atoms with Crippen LogP contribution in [-0.4, -0.2) is 17.7 Å². The number of carboxylic acids is 1. The number of carbonyl (C=O) groups is 1. The summed E-state index contributed by atoms with van der Waals surface area (Å²) in [4.78, 5) is 11.4. The van der Waals surface area contributed by atoms with Gasteiger partial charge in [-0.25, -0.2) is 4.39 Å². The third-order valence-corrected chi connectivity index (χ3v) is 3.79. The number of para-hydroxylation sites is 1. The van der Waals surface area contributed by atoms with Gasteiger partial charge < -0.3 is 9.84 Å². The van der Waals surface area contributed by atoms with Crippen LogP contribution in [0.1, 0.15) is 36.3 Å². The number of halogens is 1. The van der Waals surface area contributed by atoms with E-state index in [2.05, 4.69) is 0 Å². The third kappa shape index (κ3) is 5.09. The molecule has 0 radical (unpaired) electrons. The topological polar surface area (TPSA) is 46.5 Å². The van der Waals surface area contributed by atoms with E-state index in [1.54, 1.807) is 12.1 Å². The number of hydrogen-bond acceptors (Lipinski definition) is 2. The highest BCUT2D eigenvalue weighted by Crippen LogP contribution is 2.23. The minimum Gasteiger partial charge on any atom is -0.493 e. The van der Waals surface area contributed by atoms with Crippen LogP contribution in [0.3, 0.4) is 0 Å². The molecule has 2 aromatic rings. The van der Waals surface area contributed by atoms with E-state index in [0.717, 1.165) is 17.7 Å². The summed E-state index contributed by atoms with van der Waals surface area (Å²) in [5.41, 5.74) is 1.59. The average Bonchev–Trinajstić information content (AvgIpc) is 2.52. The highest BCUT2D eigenvalue weighted by atomic mass is 19.1. The van der Waals surface area contributed by atoms with E-state index in [0.29, 0.717) is 25.0 Å². The molecule has 0 amide bonds. The van der Waals surface area contributed by atoms with Crippen molar-refractivity contribution in [3.8, 4) is 5.75 Å². The van der Waals surface area contributed by atoms with Crippen LogP contribution in [0.4, 0.5) is 4.39 Å². The second-order valence-corrected chi connectivity index (χ2v) is 5.56. The molecular weight excluding hydrogens is 295 g/mol. The maximum atomic E-state index is 13.2. The lowest BCUT2D eigenvalue weighted by Crippen LogP contribution is -2.12. The van der Waals surface area contributed by atoms with Gasteiger partial charge in [-0.3, -0.25) is 4.79 Å². The van der Waals surface area contributed by atoms with Crippen molar-refractivity contribution in [2.24, 2.45) is 0 Å². The maximum absolute atomic E-state index is 13.2. The number of aryl methyl sites for hydroxylation is 1. The van der Waals surface area contributed by atoms with E-state index in [1.165, 1.54) is 12.1 Å². The number of aliphatic carboxylic acids is 1. The fraction of sp³-hybridized carbons (Fsp3) is 0.316. The summed E-state index contributed by atoms with van der Waals surface area (Å²) in [6.07, 6.45) is 1.93. The van der Waals surface area contributed by atoms with Crippen LogP contribution < -0.4 is 4.74 Å². The Kier molecular flexibility index (Phi) is 6.15. The maximum Gasteiger partial charge on any atom is 0.310 e. The van der Waals surface area contributed by atoms with Crippen molar-refractivity contribution in [2.45, 2.75) is 32.1 Å². The molecule has 0 saturated carbocycles.